The van der Waals surface area contributed by atoms with Crippen molar-refractivity contribution < 1.29 is 10.1 Å². The van der Waals surface area contributed by atoms with Crippen molar-refractivity contribution >= 4 is 29.0 Å². The molecule has 1 saturated heterocycles. The lowest BCUT2D eigenvalue weighted by Gasteiger charge is -2.42. The molecule has 0 amide bonds. The van der Waals surface area contributed by atoms with Crippen molar-refractivity contribution in [2.75, 3.05) is 0 Å². The highest BCUT2D eigenvalue weighted by Crippen LogP contribution is 2.41. The monoisotopic (exact) mass is 360 g/mol. The molecule has 2 N–H and O–H groups in total. The van der Waals surface area contributed by atoms with Crippen LogP contribution < -0.4 is 5.32 Å². The normalized spacial score (nSPS) is 29.5. The van der Waals surface area contributed by atoms with Gasteiger partial charge in [0.2, 0.25) is 0 Å². The second-order valence-electron chi connectivity index (χ2n) is 6.89. The molecule has 2 aromatic rings. The van der Waals surface area contributed by atoms with E-state index in [2.05, 4.69) is 29.6 Å². The zero-order chi connectivity index (χ0) is 16.7. The maximum atomic E-state index is 13.0. The molecule has 0 radical (unpaired) electrons. The first-order chi connectivity index (χ1) is 11.6. The van der Waals surface area contributed by atoms with E-state index < -0.39 is 0 Å². The zero-order valence-corrected chi connectivity index (χ0v) is 14.8. The van der Waals surface area contributed by atoms with Gasteiger partial charge in [-0.1, -0.05) is 53.9 Å². The summed E-state index contributed by atoms with van der Waals surface area (Å²) in [6.45, 7) is 0. The van der Waals surface area contributed by atoms with Gasteiger partial charge >= 0.3 is 0 Å². The highest BCUT2D eigenvalue weighted by atomic mass is 35.5. The molecule has 2 nitrogen and oxygen atoms in total. The van der Waals surface area contributed by atoms with Crippen LogP contribution in [-0.2, 0) is 4.79 Å². The van der Waals surface area contributed by atoms with Crippen molar-refractivity contribution in [3.63, 3.8) is 0 Å². The third kappa shape index (κ3) is 2.88. The Hall–Kier alpha value is -1.35. The first kappa shape index (κ1) is 16.1. The van der Waals surface area contributed by atoms with Gasteiger partial charge in [-0.3, -0.25) is 4.79 Å². The quantitative estimate of drug-likeness (QED) is 0.848. The van der Waals surface area contributed by atoms with Crippen LogP contribution in [0.25, 0.3) is 0 Å². The number of halogens is 2. The van der Waals surface area contributed by atoms with Crippen molar-refractivity contribution in [2.45, 2.75) is 31.3 Å². The molecule has 2 aromatic carbocycles. The Bertz CT molecular complexity index is 680. The molecule has 2 aliphatic rings. The molecule has 1 heterocycles. The van der Waals surface area contributed by atoms with E-state index in [-0.39, 0.29) is 23.9 Å². The van der Waals surface area contributed by atoms with Gasteiger partial charge in [-0.05, 0) is 37.1 Å². The first-order valence-corrected chi connectivity index (χ1v) is 9.29. The van der Waals surface area contributed by atoms with E-state index in [9.17, 15) is 4.79 Å². The number of hydrogen-bond acceptors (Lipinski definition) is 1. The largest absolute Gasteiger partial charge is 0.333 e. The van der Waals surface area contributed by atoms with E-state index in [1.807, 2.05) is 24.3 Å². The van der Waals surface area contributed by atoms with Gasteiger partial charge < -0.3 is 5.32 Å². The van der Waals surface area contributed by atoms with Crippen LogP contribution in [0.4, 0.5) is 0 Å². The molecular formula is C20H20Cl2NO+. The summed E-state index contributed by atoms with van der Waals surface area (Å²) >= 11 is 12.1. The van der Waals surface area contributed by atoms with Gasteiger partial charge in [-0.15, -0.1) is 0 Å². The molecule has 124 valence electrons. The average molecular weight is 361 g/mol. The SMILES string of the molecule is O=C1[C@@H]2CCC[C@@H]1[C@H](c1ccc(Cl)cc1)[NH2+][C@@H]2c1ccc(Cl)cc1. The predicted octanol–water partition coefficient (Wildman–Crippen LogP) is 4.34. The lowest BCUT2D eigenvalue weighted by Crippen LogP contribution is -2.92. The number of rotatable bonds is 2. The summed E-state index contributed by atoms with van der Waals surface area (Å²) in [6, 6.07) is 16.3. The Balaban J connectivity index is 1.71. The molecule has 4 heteroatoms. The molecule has 4 atom stereocenters. The molecule has 2 bridgehead atoms. The Labute approximate surface area is 152 Å². The molecule has 2 fully saturated rings. The van der Waals surface area contributed by atoms with Crippen LogP contribution in [0.3, 0.4) is 0 Å². The summed E-state index contributed by atoms with van der Waals surface area (Å²) in [7, 11) is 0. The maximum absolute atomic E-state index is 13.0. The van der Waals surface area contributed by atoms with Crippen molar-refractivity contribution in [1.82, 2.24) is 0 Å². The minimum absolute atomic E-state index is 0.119. The molecule has 1 aliphatic heterocycles. The van der Waals surface area contributed by atoms with Crippen LogP contribution >= 0.6 is 23.2 Å². The van der Waals surface area contributed by atoms with E-state index in [1.54, 1.807) is 0 Å². The lowest BCUT2D eigenvalue weighted by atomic mass is 9.67. The van der Waals surface area contributed by atoms with Gasteiger partial charge in [-0.25, -0.2) is 0 Å². The molecule has 24 heavy (non-hydrogen) atoms. The van der Waals surface area contributed by atoms with Gasteiger partial charge in [-0.2, -0.15) is 0 Å². The minimum atomic E-state index is 0.119. The Morgan fingerprint density at radius 1 is 0.750 bits per heavy atom. The van der Waals surface area contributed by atoms with E-state index >= 15 is 0 Å². The number of ketones is 1. The fraction of sp³-hybridized carbons (Fsp3) is 0.350. The van der Waals surface area contributed by atoms with E-state index in [0.29, 0.717) is 5.78 Å². The summed E-state index contributed by atoms with van der Waals surface area (Å²) in [5.74, 6) is 0.672. The second-order valence-corrected chi connectivity index (χ2v) is 7.77. The van der Waals surface area contributed by atoms with Crippen LogP contribution in [0.15, 0.2) is 48.5 Å². The van der Waals surface area contributed by atoms with Crippen LogP contribution in [0.1, 0.15) is 42.5 Å². The number of carbonyl (C=O) groups excluding carboxylic acids is 1. The van der Waals surface area contributed by atoms with Gasteiger partial charge in [0, 0.05) is 21.2 Å². The summed E-state index contributed by atoms with van der Waals surface area (Å²) in [4.78, 5) is 13.0. The number of Topliss-reactive ketones (excluding diaryl/α,β-unsaturated/α-hetero) is 1. The van der Waals surface area contributed by atoms with E-state index in [4.69, 9.17) is 23.2 Å². The molecule has 0 aromatic heterocycles. The van der Waals surface area contributed by atoms with Gasteiger partial charge in [0.1, 0.15) is 12.1 Å². The number of piperidine rings is 1. The smallest absolute Gasteiger partial charge is 0.151 e. The second kappa shape index (κ2) is 6.51. The molecule has 4 rings (SSSR count). The Morgan fingerprint density at radius 2 is 1.17 bits per heavy atom. The summed E-state index contributed by atoms with van der Waals surface area (Å²) < 4.78 is 0. The number of quaternary nitrogens is 1. The molecule has 0 unspecified atom stereocenters. The standard InChI is InChI=1S/C20H19Cl2NO/c21-14-8-4-12(5-9-14)18-16-2-1-3-17(20(16)24)19(23-18)13-6-10-15(22)11-7-13/h4-11,16-19,23H,1-3H2/p+1/t16-,17-,18-,19+/m1/s1. The van der Waals surface area contributed by atoms with Gasteiger partial charge in [0.25, 0.3) is 0 Å². The summed E-state index contributed by atoms with van der Waals surface area (Å²) in [6.07, 6.45) is 3.11. The fourth-order valence-electron chi connectivity index (χ4n) is 4.38. The van der Waals surface area contributed by atoms with Crippen LogP contribution in [0.5, 0.6) is 0 Å². The zero-order valence-electron chi connectivity index (χ0n) is 13.3. The summed E-state index contributed by atoms with van der Waals surface area (Å²) in [5.41, 5.74) is 2.38. The Morgan fingerprint density at radius 3 is 1.58 bits per heavy atom. The highest BCUT2D eigenvalue weighted by molar-refractivity contribution is 6.30. The molecular weight excluding hydrogens is 341 g/mol. The lowest BCUT2D eigenvalue weighted by molar-refractivity contribution is -0.750. The number of hydrogen-bond donors (Lipinski definition) is 1. The summed E-state index contributed by atoms with van der Waals surface area (Å²) in [5, 5.41) is 3.86. The molecule has 1 aliphatic carbocycles. The average Bonchev–Trinajstić information content (AvgIpc) is 2.57. The van der Waals surface area contributed by atoms with Crippen LogP contribution in [-0.4, -0.2) is 5.78 Å². The van der Waals surface area contributed by atoms with E-state index in [0.717, 1.165) is 29.3 Å². The molecule has 0 spiro atoms. The minimum Gasteiger partial charge on any atom is -0.333 e. The number of carbonyl (C=O) groups is 1. The third-order valence-corrected chi connectivity index (χ3v) is 6.06. The fourth-order valence-corrected chi connectivity index (χ4v) is 4.63. The Kier molecular flexibility index (Phi) is 4.38. The highest BCUT2D eigenvalue weighted by Gasteiger charge is 2.49. The van der Waals surface area contributed by atoms with Crippen LogP contribution in [0.2, 0.25) is 10.0 Å². The topological polar surface area (TPSA) is 33.7 Å². The predicted molar refractivity (Wildman–Crippen MR) is 96.1 cm³/mol. The van der Waals surface area contributed by atoms with Gasteiger partial charge in [0.15, 0.2) is 5.78 Å². The third-order valence-electron chi connectivity index (χ3n) is 5.55. The van der Waals surface area contributed by atoms with E-state index in [1.165, 1.54) is 11.1 Å². The van der Waals surface area contributed by atoms with Crippen molar-refractivity contribution in [1.29, 1.82) is 0 Å². The van der Waals surface area contributed by atoms with Crippen molar-refractivity contribution in [3.05, 3.63) is 69.7 Å². The molecule has 1 saturated carbocycles. The van der Waals surface area contributed by atoms with Crippen LogP contribution in [0, 0.1) is 11.8 Å². The van der Waals surface area contributed by atoms with Crippen molar-refractivity contribution in [3.8, 4) is 0 Å². The van der Waals surface area contributed by atoms with Gasteiger partial charge in [0.05, 0.1) is 11.8 Å². The number of fused-ring (bicyclic) bond motifs is 2. The van der Waals surface area contributed by atoms with Crippen molar-refractivity contribution in [2.24, 2.45) is 11.8 Å². The first-order valence-electron chi connectivity index (χ1n) is 8.53. The number of nitrogens with two attached hydrogens (primary N) is 1. The maximum Gasteiger partial charge on any atom is 0.151 e. The number of benzene rings is 2.